The molecule has 1 aliphatic rings. The van der Waals surface area contributed by atoms with Crippen molar-refractivity contribution < 1.29 is 28.6 Å². The second-order valence-corrected chi connectivity index (χ2v) is 8.18. The van der Waals surface area contributed by atoms with Gasteiger partial charge >= 0.3 is 5.97 Å². The molecule has 2 aromatic rings. The van der Waals surface area contributed by atoms with Gasteiger partial charge < -0.3 is 9.84 Å². The molecule has 2 aromatic carbocycles. The molecule has 1 saturated heterocycles. The van der Waals surface area contributed by atoms with Crippen molar-refractivity contribution in [3.8, 4) is 5.75 Å². The summed E-state index contributed by atoms with van der Waals surface area (Å²) in [6, 6.07) is 8.58. The zero-order valence-corrected chi connectivity index (χ0v) is 17.7. The minimum atomic E-state index is -1.14. The number of halogens is 3. The first-order valence-electron chi connectivity index (χ1n) is 8.08. The zero-order valence-electron chi connectivity index (χ0n) is 14.5. The Kier molecular flexibility index (Phi) is 6.61. The molecule has 6 nitrogen and oxygen atoms in total. The van der Waals surface area contributed by atoms with Gasteiger partial charge in [0.15, 0.2) is 6.61 Å². The van der Waals surface area contributed by atoms with Crippen molar-refractivity contribution >= 4 is 62.5 Å². The van der Waals surface area contributed by atoms with E-state index in [-0.39, 0.29) is 22.2 Å². The van der Waals surface area contributed by atoms with E-state index in [9.17, 15) is 18.8 Å². The molecule has 29 heavy (non-hydrogen) atoms. The lowest BCUT2D eigenvalue weighted by Crippen LogP contribution is -2.27. The third-order valence-electron chi connectivity index (χ3n) is 3.83. The van der Waals surface area contributed by atoms with Crippen LogP contribution in [0, 0.1) is 5.82 Å². The number of rotatable bonds is 6. The normalized spacial score (nSPS) is 15.3. The molecule has 0 spiro atoms. The monoisotopic (exact) mass is 499 g/mol. The summed E-state index contributed by atoms with van der Waals surface area (Å²) >= 11 is 10.0. The summed E-state index contributed by atoms with van der Waals surface area (Å²) in [6.07, 6.45) is 1.46. The number of thioether (sulfide) groups is 1. The average molecular weight is 501 g/mol. The number of amides is 2. The molecule has 0 saturated carbocycles. The number of aliphatic carboxylic acids is 1. The van der Waals surface area contributed by atoms with Crippen LogP contribution < -0.4 is 4.74 Å². The Morgan fingerprint density at radius 1 is 1.28 bits per heavy atom. The predicted molar refractivity (Wildman–Crippen MR) is 110 cm³/mol. The number of imide groups is 1. The molecular formula is C19H12BrClFNO5S. The van der Waals surface area contributed by atoms with Crippen LogP contribution in [0.3, 0.4) is 0 Å². The van der Waals surface area contributed by atoms with Gasteiger partial charge in [0.25, 0.3) is 11.1 Å². The number of carbonyl (C=O) groups is 3. The van der Waals surface area contributed by atoms with Crippen LogP contribution in [0.4, 0.5) is 9.18 Å². The lowest BCUT2D eigenvalue weighted by Gasteiger charge is -2.13. The molecule has 0 aliphatic carbocycles. The minimum absolute atomic E-state index is 0.0953. The molecule has 0 unspecified atom stereocenters. The maximum Gasteiger partial charge on any atom is 0.341 e. The summed E-state index contributed by atoms with van der Waals surface area (Å²) in [5.41, 5.74) is 0.871. The molecule has 0 radical (unpaired) electrons. The van der Waals surface area contributed by atoms with Gasteiger partial charge in [0.1, 0.15) is 11.6 Å². The van der Waals surface area contributed by atoms with E-state index in [1.807, 2.05) is 0 Å². The zero-order chi connectivity index (χ0) is 21.1. The van der Waals surface area contributed by atoms with Crippen molar-refractivity contribution in [3.05, 3.63) is 67.7 Å². The van der Waals surface area contributed by atoms with Crippen molar-refractivity contribution in [1.82, 2.24) is 4.90 Å². The van der Waals surface area contributed by atoms with E-state index >= 15 is 0 Å². The van der Waals surface area contributed by atoms with Crippen LogP contribution in [-0.4, -0.2) is 33.7 Å². The molecule has 0 bridgehead atoms. The van der Waals surface area contributed by atoms with E-state index in [0.717, 1.165) is 22.7 Å². The van der Waals surface area contributed by atoms with Crippen molar-refractivity contribution in [3.63, 3.8) is 0 Å². The van der Waals surface area contributed by atoms with E-state index in [1.54, 1.807) is 18.2 Å². The second kappa shape index (κ2) is 8.98. The average Bonchev–Trinajstić information content (AvgIpc) is 2.90. The van der Waals surface area contributed by atoms with E-state index < -0.39 is 29.5 Å². The van der Waals surface area contributed by atoms with Crippen LogP contribution >= 0.6 is 39.3 Å². The number of hydrogen-bond acceptors (Lipinski definition) is 5. The molecular weight excluding hydrogens is 489 g/mol. The van der Waals surface area contributed by atoms with Crippen molar-refractivity contribution in [1.29, 1.82) is 0 Å². The Labute approximate surface area is 182 Å². The van der Waals surface area contributed by atoms with Crippen LogP contribution in [0.1, 0.15) is 11.1 Å². The summed E-state index contributed by atoms with van der Waals surface area (Å²) in [4.78, 5) is 37.0. The van der Waals surface area contributed by atoms with Crippen LogP contribution in [0.15, 0.2) is 45.8 Å². The van der Waals surface area contributed by atoms with E-state index in [0.29, 0.717) is 15.6 Å². The number of ether oxygens (including phenoxy) is 1. The highest BCUT2D eigenvalue weighted by molar-refractivity contribution is 9.10. The highest BCUT2D eigenvalue weighted by Gasteiger charge is 2.35. The molecule has 0 atom stereocenters. The topological polar surface area (TPSA) is 83.9 Å². The van der Waals surface area contributed by atoms with Gasteiger partial charge in [-0.2, -0.15) is 0 Å². The Hall–Kier alpha value is -2.36. The highest BCUT2D eigenvalue weighted by atomic mass is 79.9. The van der Waals surface area contributed by atoms with E-state index in [2.05, 4.69) is 15.9 Å². The van der Waals surface area contributed by atoms with Crippen molar-refractivity contribution in [2.24, 2.45) is 0 Å². The lowest BCUT2D eigenvalue weighted by atomic mass is 10.1. The molecule has 1 heterocycles. The fraction of sp³-hybridized carbons (Fsp3) is 0.105. The fourth-order valence-electron chi connectivity index (χ4n) is 2.50. The van der Waals surface area contributed by atoms with Gasteiger partial charge in [-0.15, -0.1) is 0 Å². The van der Waals surface area contributed by atoms with Gasteiger partial charge in [-0.05, 0) is 53.7 Å². The summed E-state index contributed by atoms with van der Waals surface area (Å²) in [7, 11) is 0. The number of benzene rings is 2. The molecule has 1 fully saturated rings. The van der Waals surface area contributed by atoms with Crippen LogP contribution in [0.2, 0.25) is 5.02 Å². The highest BCUT2D eigenvalue weighted by Crippen LogP contribution is 2.36. The summed E-state index contributed by atoms with van der Waals surface area (Å²) in [6.45, 7) is -0.644. The first-order valence-corrected chi connectivity index (χ1v) is 10.1. The first kappa shape index (κ1) is 21.4. The third kappa shape index (κ3) is 5.17. The minimum Gasteiger partial charge on any atom is -0.481 e. The van der Waals surface area contributed by atoms with Crippen LogP contribution in [0.5, 0.6) is 5.75 Å². The van der Waals surface area contributed by atoms with Crippen LogP contribution in [0.25, 0.3) is 6.08 Å². The SMILES string of the molecule is O=C(O)COc1ccc(Br)cc1/C=C1/SC(=O)N(Cc2ccc(F)cc2Cl)C1=O. The molecule has 0 aromatic heterocycles. The van der Waals surface area contributed by atoms with Gasteiger partial charge in [-0.1, -0.05) is 33.6 Å². The van der Waals surface area contributed by atoms with Gasteiger partial charge in [0, 0.05) is 15.1 Å². The quantitative estimate of drug-likeness (QED) is 0.566. The maximum absolute atomic E-state index is 13.2. The standard InChI is InChI=1S/C19H12BrClFNO5S/c20-12-2-4-15(28-9-17(24)25)11(5-12)6-16-18(26)23(19(27)29-16)8-10-1-3-13(22)7-14(10)21/h1-7H,8-9H2,(H,24,25)/b16-6+. The summed E-state index contributed by atoms with van der Waals surface area (Å²) < 4.78 is 19.1. The Morgan fingerprint density at radius 2 is 2.03 bits per heavy atom. The molecule has 150 valence electrons. The van der Waals surface area contributed by atoms with Gasteiger partial charge in [-0.3, -0.25) is 14.5 Å². The fourth-order valence-corrected chi connectivity index (χ4v) is 3.94. The number of hydrogen-bond donors (Lipinski definition) is 1. The number of carboxylic acid groups (broad SMARTS) is 1. The second-order valence-electron chi connectivity index (χ2n) is 5.87. The molecule has 3 rings (SSSR count). The Morgan fingerprint density at radius 3 is 2.72 bits per heavy atom. The number of carboxylic acids is 1. The Bertz CT molecular complexity index is 1050. The molecule has 2 amide bonds. The third-order valence-corrected chi connectivity index (χ3v) is 5.58. The maximum atomic E-state index is 13.2. The number of nitrogens with zero attached hydrogens (tertiary/aromatic N) is 1. The summed E-state index contributed by atoms with van der Waals surface area (Å²) in [5.74, 6) is -1.94. The van der Waals surface area contributed by atoms with Gasteiger partial charge in [0.2, 0.25) is 0 Å². The lowest BCUT2D eigenvalue weighted by molar-refractivity contribution is -0.139. The van der Waals surface area contributed by atoms with E-state index in [1.165, 1.54) is 18.2 Å². The van der Waals surface area contributed by atoms with Crippen molar-refractivity contribution in [2.75, 3.05) is 6.61 Å². The summed E-state index contributed by atoms with van der Waals surface area (Å²) in [5, 5.41) is 8.42. The predicted octanol–water partition coefficient (Wildman–Crippen LogP) is 4.94. The molecule has 1 aliphatic heterocycles. The van der Waals surface area contributed by atoms with E-state index in [4.69, 9.17) is 21.4 Å². The largest absolute Gasteiger partial charge is 0.481 e. The van der Waals surface area contributed by atoms with Gasteiger partial charge in [0.05, 0.1) is 11.4 Å². The van der Waals surface area contributed by atoms with Crippen LogP contribution in [-0.2, 0) is 16.1 Å². The molecule has 10 heteroatoms. The molecule has 1 N–H and O–H groups in total. The van der Waals surface area contributed by atoms with Crippen molar-refractivity contribution in [2.45, 2.75) is 6.54 Å². The first-order chi connectivity index (χ1) is 13.7. The van der Waals surface area contributed by atoms with Gasteiger partial charge in [-0.25, -0.2) is 9.18 Å². The Balaban J connectivity index is 1.86. The number of carbonyl (C=O) groups excluding carboxylic acids is 2. The smallest absolute Gasteiger partial charge is 0.341 e.